The van der Waals surface area contributed by atoms with Crippen LogP contribution in [-0.4, -0.2) is 14.2 Å². The Hall–Kier alpha value is -0.930. The van der Waals surface area contributed by atoms with Gasteiger partial charge in [-0.05, 0) is 42.8 Å². The van der Waals surface area contributed by atoms with Crippen LogP contribution in [0.4, 0.5) is 0 Å². The van der Waals surface area contributed by atoms with Gasteiger partial charge in [-0.25, -0.2) is 0 Å². The largest absolute Gasteiger partial charge is 0.496 e. The van der Waals surface area contributed by atoms with Gasteiger partial charge in [0.2, 0.25) is 0 Å². The maximum absolute atomic E-state index is 6.18. The Bertz CT molecular complexity index is 675. The number of fused-ring (bicyclic) bond motifs is 1. The molecule has 0 saturated heterocycles. The average molecular weight is 359 g/mol. The van der Waals surface area contributed by atoms with Crippen LogP contribution in [0.2, 0.25) is 10.0 Å². The molecule has 2 nitrogen and oxygen atoms in total. The van der Waals surface area contributed by atoms with Gasteiger partial charge in [-0.3, -0.25) is 0 Å². The number of rotatable bonds is 3. The third-order valence-corrected chi connectivity index (χ3v) is 4.95. The second kappa shape index (κ2) is 7.10. The van der Waals surface area contributed by atoms with Gasteiger partial charge >= 0.3 is 0 Å². The van der Waals surface area contributed by atoms with E-state index in [1.165, 1.54) is 16.7 Å². The quantitative estimate of drug-likeness (QED) is 0.812. The first-order valence-electron chi connectivity index (χ1n) is 6.94. The Morgan fingerprint density at radius 2 is 1.91 bits per heavy atom. The van der Waals surface area contributed by atoms with Gasteiger partial charge in [-0.15, -0.1) is 12.4 Å². The summed E-state index contributed by atoms with van der Waals surface area (Å²) < 4.78 is 5.57. The molecule has 0 amide bonds. The van der Waals surface area contributed by atoms with Crippen molar-refractivity contribution in [2.24, 2.45) is 0 Å². The van der Waals surface area contributed by atoms with Crippen molar-refractivity contribution in [1.82, 2.24) is 5.32 Å². The minimum absolute atomic E-state index is 0. The Kier molecular flexibility index (Phi) is 5.62. The Morgan fingerprint density at radius 3 is 2.55 bits per heavy atom. The summed E-state index contributed by atoms with van der Waals surface area (Å²) >= 11 is 12.2. The summed E-state index contributed by atoms with van der Waals surface area (Å²) in [5.41, 5.74) is 3.72. The van der Waals surface area contributed by atoms with E-state index in [-0.39, 0.29) is 18.3 Å². The molecule has 5 heteroatoms. The first-order chi connectivity index (χ1) is 10.2. The number of halogens is 3. The van der Waals surface area contributed by atoms with E-state index >= 15 is 0 Å². The van der Waals surface area contributed by atoms with Gasteiger partial charge in [0.1, 0.15) is 5.75 Å². The summed E-state index contributed by atoms with van der Waals surface area (Å²) in [5, 5.41) is 4.57. The van der Waals surface area contributed by atoms with E-state index in [9.17, 15) is 0 Å². The highest BCUT2D eigenvalue weighted by Gasteiger charge is 2.33. The highest BCUT2D eigenvalue weighted by atomic mass is 35.5. The Balaban J connectivity index is 0.00000176. The lowest BCUT2D eigenvalue weighted by Gasteiger charge is -2.16. The molecule has 0 saturated carbocycles. The van der Waals surface area contributed by atoms with Crippen molar-refractivity contribution in [3.8, 4) is 5.75 Å². The predicted octanol–water partition coefficient (Wildman–Crippen LogP) is 5.22. The minimum atomic E-state index is 0. The zero-order chi connectivity index (χ0) is 15.0. The fourth-order valence-corrected chi connectivity index (χ4v) is 3.51. The SMILES string of the molecule is CN[C@@H]1CC(c2ccc(Cl)c(Cl)c2)c2c(OC)cccc21.Cl. The van der Waals surface area contributed by atoms with Crippen molar-refractivity contribution in [3.05, 3.63) is 63.1 Å². The van der Waals surface area contributed by atoms with E-state index in [4.69, 9.17) is 27.9 Å². The van der Waals surface area contributed by atoms with E-state index in [1.807, 2.05) is 37.4 Å². The van der Waals surface area contributed by atoms with Crippen LogP contribution in [0.5, 0.6) is 5.75 Å². The molecule has 1 aliphatic carbocycles. The second-order valence-corrected chi connectivity index (χ2v) is 6.08. The molecule has 0 aliphatic heterocycles. The fraction of sp³-hybridized carbons (Fsp3) is 0.294. The van der Waals surface area contributed by atoms with E-state index in [0.29, 0.717) is 16.1 Å². The smallest absolute Gasteiger partial charge is 0.123 e. The van der Waals surface area contributed by atoms with Crippen LogP contribution in [-0.2, 0) is 0 Å². The molecule has 1 aliphatic rings. The second-order valence-electron chi connectivity index (χ2n) is 5.27. The molecule has 3 rings (SSSR count). The minimum Gasteiger partial charge on any atom is -0.496 e. The molecule has 1 N–H and O–H groups in total. The Labute approximate surface area is 147 Å². The van der Waals surface area contributed by atoms with Crippen molar-refractivity contribution >= 4 is 35.6 Å². The number of methoxy groups -OCH3 is 1. The lowest BCUT2D eigenvalue weighted by Crippen LogP contribution is -2.13. The lowest BCUT2D eigenvalue weighted by atomic mass is 9.92. The first-order valence-corrected chi connectivity index (χ1v) is 7.70. The number of ether oxygens (including phenoxy) is 1. The number of hydrogen-bond acceptors (Lipinski definition) is 2. The first kappa shape index (κ1) is 17.4. The summed E-state index contributed by atoms with van der Waals surface area (Å²) in [6.45, 7) is 0. The summed E-state index contributed by atoms with van der Waals surface area (Å²) in [4.78, 5) is 0. The zero-order valence-corrected chi connectivity index (χ0v) is 14.7. The highest BCUT2D eigenvalue weighted by Crippen LogP contribution is 2.48. The van der Waals surface area contributed by atoms with Gasteiger partial charge in [-0.1, -0.05) is 41.4 Å². The van der Waals surface area contributed by atoms with Crippen LogP contribution in [0.25, 0.3) is 0 Å². The molecule has 0 fully saturated rings. The topological polar surface area (TPSA) is 21.3 Å². The van der Waals surface area contributed by atoms with Gasteiger partial charge in [0, 0.05) is 17.5 Å². The van der Waals surface area contributed by atoms with Crippen LogP contribution >= 0.6 is 35.6 Å². The summed E-state index contributed by atoms with van der Waals surface area (Å²) in [6, 6.07) is 12.4. The van der Waals surface area contributed by atoms with Crippen LogP contribution in [0.1, 0.15) is 35.1 Å². The van der Waals surface area contributed by atoms with Crippen molar-refractivity contribution in [2.45, 2.75) is 18.4 Å². The zero-order valence-electron chi connectivity index (χ0n) is 12.4. The van der Waals surface area contributed by atoms with E-state index in [1.54, 1.807) is 7.11 Å². The van der Waals surface area contributed by atoms with Crippen molar-refractivity contribution < 1.29 is 4.74 Å². The van der Waals surface area contributed by atoms with Crippen LogP contribution in [0.15, 0.2) is 36.4 Å². The van der Waals surface area contributed by atoms with Gasteiger partial charge in [-0.2, -0.15) is 0 Å². The normalized spacial score (nSPS) is 19.5. The molecule has 2 atom stereocenters. The van der Waals surface area contributed by atoms with Gasteiger partial charge in [0.05, 0.1) is 17.2 Å². The van der Waals surface area contributed by atoms with E-state index in [0.717, 1.165) is 12.2 Å². The van der Waals surface area contributed by atoms with Gasteiger partial charge in [0.25, 0.3) is 0 Å². The molecule has 118 valence electrons. The summed E-state index contributed by atoms with van der Waals surface area (Å²) in [6.07, 6.45) is 0.990. The van der Waals surface area contributed by atoms with Gasteiger partial charge in [0.15, 0.2) is 0 Å². The predicted molar refractivity (Wildman–Crippen MR) is 95.0 cm³/mol. The number of hydrogen-bond donors (Lipinski definition) is 1. The molecule has 22 heavy (non-hydrogen) atoms. The summed E-state index contributed by atoms with van der Waals surface area (Å²) in [5.74, 6) is 1.20. The van der Waals surface area contributed by atoms with Crippen LogP contribution in [0, 0.1) is 0 Å². The van der Waals surface area contributed by atoms with Crippen molar-refractivity contribution in [3.63, 3.8) is 0 Å². The third-order valence-electron chi connectivity index (χ3n) is 4.21. The standard InChI is InChI=1S/C17H17Cl2NO.ClH/c1-20-15-9-12(10-6-7-13(18)14(19)8-10)17-11(15)4-3-5-16(17)21-2;/h3-8,12,15,20H,9H2,1-2H3;1H/t12?,15-;/m1./s1. The molecule has 1 unspecified atom stereocenters. The summed E-state index contributed by atoms with van der Waals surface area (Å²) in [7, 11) is 3.71. The Morgan fingerprint density at radius 1 is 1.14 bits per heavy atom. The molecule has 0 bridgehead atoms. The van der Waals surface area contributed by atoms with Crippen LogP contribution < -0.4 is 10.1 Å². The lowest BCUT2D eigenvalue weighted by molar-refractivity contribution is 0.408. The monoisotopic (exact) mass is 357 g/mol. The molecule has 0 heterocycles. The molecule has 0 spiro atoms. The molecular formula is C17H18Cl3NO. The fourth-order valence-electron chi connectivity index (χ4n) is 3.20. The maximum Gasteiger partial charge on any atom is 0.123 e. The van der Waals surface area contributed by atoms with Crippen LogP contribution in [0.3, 0.4) is 0 Å². The van der Waals surface area contributed by atoms with E-state index in [2.05, 4.69) is 11.4 Å². The molecule has 0 aromatic heterocycles. The number of benzene rings is 2. The highest BCUT2D eigenvalue weighted by molar-refractivity contribution is 6.42. The third kappa shape index (κ3) is 2.93. The van der Waals surface area contributed by atoms with Crippen molar-refractivity contribution in [1.29, 1.82) is 0 Å². The molecule has 2 aromatic rings. The molecule has 0 radical (unpaired) electrons. The number of nitrogens with one attached hydrogen (secondary N) is 1. The van der Waals surface area contributed by atoms with Crippen molar-refractivity contribution in [2.75, 3.05) is 14.2 Å². The maximum atomic E-state index is 6.18. The van der Waals surface area contributed by atoms with E-state index < -0.39 is 0 Å². The molecule has 2 aromatic carbocycles. The average Bonchev–Trinajstić information content (AvgIpc) is 2.89. The van der Waals surface area contributed by atoms with Gasteiger partial charge < -0.3 is 10.1 Å². The molecular weight excluding hydrogens is 341 g/mol.